The van der Waals surface area contributed by atoms with Crippen LogP contribution in [0.5, 0.6) is 0 Å². The molecule has 228 valence electrons. The van der Waals surface area contributed by atoms with Crippen molar-refractivity contribution < 1.29 is 23.0 Å². The van der Waals surface area contributed by atoms with Crippen LogP contribution in [-0.2, 0) is 15.6 Å². The van der Waals surface area contributed by atoms with E-state index in [4.69, 9.17) is 11.6 Å². The van der Waals surface area contributed by atoms with E-state index in [2.05, 4.69) is 20.3 Å². The highest BCUT2D eigenvalue weighted by atomic mass is 35.5. The van der Waals surface area contributed by atoms with Crippen LogP contribution < -0.4 is 5.32 Å². The number of aliphatic hydroxyl groups is 2. The second-order valence-corrected chi connectivity index (χ2v) is 14.3. The molecular formula is C30H34ClFN6O4S. The summed E-state index contributed by atoms with van der Waals surface area (Å²) < 4.78 is 45.6. The van der Waals surface area contributed by atoms with Gasteiger partial charge in [0.25, 0.3) is 0 Å². The number of benzene rings is 2. The van der Waals surface area contributed by atoms with Crippen molar-refractivity contribution in [2.24, 2.45) is 0 Å². The molecule has 3 N–H and O–H groups in total. The van der Waals surface area contributed by atoms with E-state index in [9.17, 15) is 18.6 Å². The monoisotopic (exact) mass is 628 g/mol. The number of rotatable bonds is 7. The molecule has 10 nitrogen and oxygen atoms in total. The van der Waals surface area contributed by atoms with E-state index in [1.165, 1.54) is 16.6 Å². The number of hydrogen-bond acceptors (Lipinski definition) is 8. The topological polar surface area (TPSA) is 133 Å². The average molecular weight is 629 g/mol. The summed E-state index contributed by atoms with van der Waals surface area (Å²) in [5, 5.41) is 25.4. The molecule has 0 amide bonds. The maximum absolute atomic E-state index is 15.4. The second kappa shape index (κ2) is 10.8. The lowest BCUT2D eigenvalue weighted by atomic mass is 9.96. The maximum atomic E-state index is 15.4. The molecule has 13 heteroatoms. The number of nitrogens with one attached hydrogen (secondary N) is 1. The van der Waals surface area contributed by atoms with E-state index in [0.29, 0.717) is 36.2 Å². The molecule has 2 aliphatic rings. The van der Waals surface area contributed by atoms with Crippen LogP contribution in [0.25, 0.3) is 22.3 Å². The van der Waals surface area contributed by atoms with Crippen molar-refractivity contribution in [3.63, 3.8) is 0 Å². The second-order valence-electron chi connectivity index (χ2n) is 12.1. The maximum Gasteiger partial charge on any atom is 0.243 e. The third-order valence-corrected chi connectivity index (χ3v) is 10.5. The predicted molar refractivity (Wildman–Crippen MR) is 162 cm³/mol. The molecule has 4 heterocycles. The molecule has 0 saturated carbocycles. The number of nitrogens with zero attached hydrogens (tertiary/aromatic N) is 5. The van der Waals surface area contributed by atoms with E-state index in [1.54, 1.807) is 54.8 Å². The van der Waals surface area contributed by atoms with Crippen LogP contribution in [0.4, 0.5) is 10.3 Å². The fourth-order valence-corrected chi connectivity index (χ4v) is 8.53. The Bertz CT molecular complexity index is 1790. The van der Waals surface area contributed by atoms with E-state index in [-0.39, 0.29) is 39.2 Å². The minimum Gasteiger partial charge on any atom is -0.389 e. The first-order valence-electron chi connectivity index (χ1n) is 14.3. The van der Waals surface area contributed by atoms with Crippen LogP contribution in [0, 0.1) is 5.82 Å². The average Bonchev–Trinajstić information content (AvgIpc) is 3.53. The molecule has 2 fully saturated rings. The zero-order chi connectivity index (χ0) is 30.8. The Morgan fingerprint density at radius 1 is 1.14 bits per heavy atom. The highest BCUT2D eigenvalue weighted by Crippen LogP contribution is 2.41. The third-order valence-electron chi connectivity index (χ3n) is 8.28. The van der Waals surface area contributed by atoms with Gasteiger partial charge in [-0.05, 0) is 71.2 Å². The quantitative estimate of drug-likeness (QED) is 0.264. The molecule has 2 aromatic carbocycles. The summed E-state index contributed by atoms with van der Waals surface area (Å²) in [5.41, 5.74) is 0.00601. The van der Waals surface area contributed by atoms with E-state index >= 15 is 4.39 Å². The molecule has 2 saturated heterocycles. The lowest BCUT2D eigenvalue weighted by Crippen LogP contribution is -2.58. The van der Waals surface area contributed by atoms with Gasteiger partial charge < -0.3 is 20.1 Å². The molecule has 0 unspecified atom stereocenters. The van der Waals surface area contributed by atoms with E-state index < -0.39 is 39.6 Å². The molecule has 4 atom stereocenters. The normalized spacial score (nSPS) is 22.9. The Kier molecular flexibility index (Phi) is 7.49. The van der Waals surface area contributed by atoms with Crippen LogP contribution in [-0.4, -0.2) is 66.7 Å². The number of aromatic nitrogens is 4. The largest absolute Gasteiger partial charge is 0.389 e. The Labute approximate surface area is 254 Å². The lowest BCUT2D eigenvalue weighted by Gasteiger charge is -2.41. The van der Waals surface area contributed by atoms with Gasteiger partial charge in [0.1, 0.15) is 16.9 Å². The van der Waals surface area contributed by atoms with Crippen LogP contribution in [0.2, 0.25) is 5.02 Å². The van der Waals surface area contributed by atoms with Gasteiger partial charge in [-0.2, -0.15) is 4.31 Å². The molecule has 2 bridgehead atoms. The van der Waals surface area contributed by atoms with Crippen molar-refractivity contribution in [3.05, 3.63) is 65.3 Å². The van der Waals surface area contributed by atoms with Crippen molar-refractivity contribution in [1.82, 2.24) is 23.8 Å². The summed E-state index contributed by atoms with van der Waals surface area (Å²) in [4.78, 5) is 13.5. The van der Waals surface area contributed by atoms with Crippen LogP contribution in [0.15, 0.2) is 53.6 Å². The highest BCUT2D eigenvalue weighted by molar-refractivity contribution is 7.89. The standard InChI is InChI=1S/C30H34ClFN6O4S/c1-16(2)37-24-13-17(12-21(32)26(24)35-28(37)30(3,4)40)25-20(31)15-33-29(36-25)34-22-14-18-10-11-23(27(22)39)38(18)43(41,42)19-8-6-5-7-9-19/h5-9,12-13,15-16,18,22-23,27,39-40H,10-11,14H2,1-4H3,(H,33,34,36)/t18-,22-,23+,27+/m1/s1. The van der Waals surface area contributed by atoms with Crippen molar-refractivity contribution in [2.45, 2.75) is 87.7 Å². The molecule has 43 heavy (non-hydrogen) atoms. The molecule has 0 aliphatic carbocycles. The van der Waals surface area contributed by atoms with Gasteiger partial charge in [0, 0.05) is 17.6 Å². The Morgan fingerprint density at radius 3 is 2.53 bits per heavy atom. The van der Waals surface area contributed by atoms with Crippen LogP contribution in [0.1, 0.15) is 58.8 Å². The van der Waals surface area contributed by atoms with Gasteiger partial charge in [-0.15, -0.1) is 0 Å². The number of anilines is 1. The fraction of sp³-hybridized carbons (Fsp3) is 0.433. The number of halogens is 2. The Balaban J connectivity index is 1.31. The molecular weight excluding hydrogens is 595 g/mol. The first kappa shape index (κ1) is 29.9. The SMILES string of the molecule is CC(C)n1c(C(C)(C)O)nc2c(F)cc(-c3nc(N[C@@H]4C[C@H]5CC[C@@H]([C@H]4O)N5S(=O)(=O)c4ccccc4)ncc3Cl)cc21. The van der Waals surface area contributed by atoms with Gasteiger partial charge in [0.05, 0.1) is 45.5 Å². The molecule has 6 rings (SSSR count). The van der Waals surface area contributed by atoms with Gasteiger partial charge in [-0.25, -0.2) is 27.8 Å². The summed E-state index contributed by atoms with van der Waals surface area (Å²) in [6, 6.07) is 9.78. The Morgan fingerprint density at radius 2 is 1.86 bits per heavy atom. The molecule has 4 aromatic rings. The number of imidazole rings is 1. The first-order valence-corrected chi connectivity index (χ1v) is 16.1. The number of sulfonamides is 1. The van der Waals surface area contributed by atoms with Crippen LogP contribution in [0.3, 0.4) is 0 Å². The summed E-state index contributed by atoms with van der Waals surface area (Å²) >= 11 is 6.51. The molecule has 0 radical (unpaired) electrons. The highest BCUT2D eigenvalue weighted by Gasteiger charge is 2.52. The van der Waals surface area contributed by atoms with Crippen LogP contribution >= 0.6 is 11.6 Å². The first-order chi connectivity index (χ1) is 20.3. The predicted octanol–water partition coefficient (Wildman–Crippen LogP) is 4.86. The van der Waals surface area contributed by atoms with Crippen molar-refractivity contribution in [2.75, 3.05) is 5.32 Å². The summed E-state index contributed by atoms with van der Waals surface area (Å²) in [5.74, 6) is -0.0632. The minimum absolute atomic E-state index is 0.118. The molecule has 2 aliphatic heterocycles. The zero-order valence-electron chi connectivity index (χ0n) is 24.2. The van der Waals surface area contributed by atoms with Crippen molar-refractivity contribution >= 4 is 38.6 Å². The minimum atomic E-state index is -3.78. The fourth-order valence-electron chi connectivity index (χ4n) is 6.41. The molecule has 0 spiro atoms. The van der Waals surface area contributed by atoms with Crippen molar-refractivity contribution in [3.8, 4) is 11.3 Å². The van der Waals surface area contributed by atoms with E-state index in [1.807, 2.05) is 13.8 Å². The van der Waals surface area contributed by atoms with Crippen molar-refractivity contribution in [1.29, 1.82) is 0 Å². The third kappa shape index (κ3) is 5.18. The van der Waals surface area contributed by atoms with Gasteiger partial charge >= 0.3 is 0 Å². The van der Waals surface area contributed by atoms with Gasteiger partial charge in [0.15, 0.2) is 5.82 Å². The number of fused-ring (bicyclic) bond motifs is 3. The zero-order valence-corrected chi connectivity index (χ0v) is 25.8. The number of aliphatic hydroxyl groups excluding tert-OH is 1. The summed E-state index contributed by atoms with van der Waals surface area (Å²) in [6.45, 7) is 7.06. The number of hydrogen-bond donors (Lipinski definition) is 3. The summed E-state index contributed by atoms with van der Waals surface area (Å²) in [6.07, 6.45) is 1.94. The van der Waals surface area contributed by atoms with Gasteiger partial charge in [0.2, 0.25) is 16.0 Å². The smallest absolute Gasteiger partial charge is 0.243 e. The summed E-state index contributed by atoms with van der Waals surface area (Å²) in [7, 11) is -3.78. The van der Waals surface area contributed by atoms with E-state index in [0.717, 1.165) is 0 Å². The number of piperidine rings is 1. The Hall–Kier alpha value is -3.16. The van der Waals surface area contributed by atoms with Gasteiger partial charge in [-0.1, -0.05) is 29.8 Å². The van der Waals surface area contributed by atoms with Gasteiger partial charge in [-0.3, -0.25) is 0 Å². The lowest BCUT2D eigenvalue weighted by molar-refractivity contribution is 0.0468. The molecule has 2 aromatic heterocycles.